The topological polar surface area (TPSA) is 53.8 Å². The number of pyridine rings is 1. The van der Waals surface area contributed by atoms with Crippen LogP contribution in [0.2, 0.25) is 0 Å². The molecule has 0 fully saturated rings. The Bertz CT molecular complexity index is 617. The lowest BCUT2D eigenvalue weighted by Crippen LogP contribution is -1.88. The Morgan fingerprint density at radius 2 is 2.06 bits per heavy atom. The minimum Gasteiger partial charge on any atom is -0.298 e. The SMILES string of the molecule is N#Cc1ccc(-c2cncc(C=O)c2)cc1F. The van der Waals surface area contributed by atoms with E-state index in [4.69, 9.17) is 5.26 Å². The van der Waals surface area contributed by atoms with Crippen LogP contribution in [0.4, 0.5) is 4.39 Å². The van der Waals surface area contributed by atoms with E-state index in [-0.39, 0.29) is 5.56 Å². The zero-order valence-corrected chi connectivity index (χ0v) is 8.72. The maximum atomic E-state index is 13.4. The number of hydrogen-bond donors (Lipinski definition) is 0. The summed E-state index contributed by atoms with van der Waals surface area (Å²) in [6.45, 7) is 0. The summed E-state index contributed by atoms with van der Waals surface area (Å²) in [5.74, 6) is -0.582. The molecule has 0 aliphatic rings. The standard InChI is InChI=1S/C13H7FN2O/c14-13-4-10(1-2-11(13)5-15)12-3-9(8-17)6-16-7-12/h1-4,6-8H. The summed E-state index contributed by atoms with van der Waals surface area (Å²) in [5.41, 5.74) is 1.64. The molecule has 0 saturated carbocycles. The molecule has 4 heteroatoms. The van der Waals surface area contributed by atoms with Gasteiger partial charge in [-0.3, -0.25) is 9.78 Å². The molecule has 0 radical (unpaired) electrons. The first-order valence-corrected chi connectivity index (χ1v) is 4.85. The number of nitrogens with zero attached hydrogens (tertiary/aromatic N) is 2. The molecule has 1 aromatic carbocycles. The van der Waals surface area contributed by atoms with Crippen LogP contribution in [0.15, 0.2) is 36.7 Å². The van der Waals surface area contributed by atoms with Crippen LogP contribution < -0.4 is 0 Å². The Kier molecular flexibility index (Phi) is 2.93. The lowest BCUT2D eigenvalue weighted by atomic mass is 10.0. The van der Waals surface area contributed by atoms with Gasteiger partial charge in [0.05, 0.1) is 5.56 Å². The first-order valence-electron chi connectivity index (χ1n) is 4.85. The van der Waals surface area contributed by atoms with E-state index in [1.165, 1.54) is 24.5 Å². The lowest BCUT2D eigenvalue weighted by Gasteiger charge is -2.02. The molecule has 0 spiro atoms. The van der Waals surface area contributed by atoms with E-state index >= 15 is 0 Å². The summed E-state index contributed by atoms with van der Waals surface area (Å²) in [5, 5.41) is 8.61. The first kappa shape index (κ1) is 11.0. The van der Waals surface area contributed by atoms with Crippen LogP contribution in [0.5, 0.6) is 0 Å². The van der Waals surface area contributed by atoms with Gasteiger partial charge in [0.25, 0.3) is 0 Å². The van der Waals surface area contributed by atoms with E-state index in [1.54, 1.807) is 18.2 Å². The molecule has 0 saturated heterocycles. The fourth-order valence-corrected chi connectivity index (χ4v) is 1.47. The van der Waals surface area contributed by atoms with Crippen molar-refractivity contribution in [3.8, 4) is 17.2 Å². The molecule has 0 aliphatic carbocycles. The van der Waals surface area contributed by atoms with E-state index in [2.05, 4.69) is 4.98 Å². The predicted molar refractivity (Wildman–Crippen MR) is 59.7 cm³/mol. The van der Waals surface area contributed by atoms with Crippen molar-refractivity contribution < 1.29 is 9.18 Å². The Balaban J connectivity index is 2.50. The van der Waals surface area contributed by atoms with E-state index in [1.807, 2.05) is 0 Å². The molecule has 0 atom stereocenters. The number of halogens is 1. The summed E-state index contributed by atoms with van der Waals surface area (Å²) in [7, 11) is 0. The molecule has 0 amide bonds. The molecule has 2 rings (SSSR count). The first-order chi connectivity index (χ1) is 8.24. The van der Waals surface area contributed by atoms with Gasteiger partial charge in [0.1, 0.15) is 11.9 Å². The van der Waals surface area contributed by atoms with E-state index < -0.39 is 5.82 Å². The molecule has 0 N–H and O–H groups in total. The van der Waals surface area contributed by atoms with Crippen molar-refractivity contribution in [2.45, 2.75) is 0 Å². The lowest BCUT2D eigenvalue weighted by molar-refractivity contribution is 0.112. The molecule has 3 nitrogen and oxygen atoms in total. The molecule has 0 bridgehead atoms. The molecule has 1 heterocycles. The second-order valence-corrected chi connectivity index (χ2v) is 3.43. The normalized spacial score (nSPS) is 9.65. The van der Waals surface area contributed by atoms with Gasteiger partial charge in [-0.25, -0.2) is 4.39 Å². The fourth-order valence-electron chi connectivity index (χ4n) is 1.47. The summed E-state index contributed by atoms with van der Waals surface area (Å²) in [6, 6.07) is 7.64. The van der Waals surface area contributed by atoms with Gasteiger partial charge in [-0.15, -0.1) is 0 Å². The van der Waals surface area contributed by atoms with Gasteiger partial charge >= 0.3 is 0 Å². The Labute approximate surface area is 97.2 Å². The molecule has 0 unspecified atom stereocenters. The van der Waals surface area contributed by atoms with Gasteiger partial charge < -0.3 is 0 Å². The Morgan fingerprint density at radius 3 is 2.71 bits per heavy atom. The second-order valence-electron chi connectivity index (χ2n) is 3.43. The van der Waals surface area contributed by atoms with E-state index in [0.29, 0.717) is 23.0 Å². The number of hydrogen-bond acceptors (Lipinski definition) is 3. The number of aldehydes is 1. The quantitative estimate of drug-likeness (QED) is 0.739. The van der Waals surface area contributed by atoms with Crippen molar-refractivity contribution in [3.05, 3.63) is 53.6 Å². The second kappa shape index (κ2) is 4.54. The van der Waals surface area contributed by atoms with Crippen LogP contribution in [0.25, 0.3) is 11.1 Å². The minimum absolute atomic E-state index is 0.00625. The van der Waals surface area contributed by atoms with E-state index in [9.17, 15) is 9.18 Å². The van der Waals surface area contributed by atoms with Crippen molar-refractivity contribution in [3.63, 3.8) is 0 Å². The Morgan fingerprint density at radius 1 is 1.24 bits per heavy atom. The van der Waals surface area contributed by atoms with Crippen LogP contribution in [0.1, 0.15) is 15.9 Å². The van der Waals surface area contributed by atoms with Crippen molar-refractivity contribution in [1.82, 2.24) is 4.98 Å². The molecule has 2 aromatic rings. The summed E-state index contributed by atoms with van der Waals surface area (Å²) in [4.78, 5) is 14.5. The van der Waals surface area contributed by atoms with Gasteiger partial charge in [-0.1, -0.05) is 6.07 Å². The summed E-state index contributed by atoms with van der Waals surface area (Å²) < 4.78 is 13.4. The maximum Gasteiger partial charge on any atom is 0.151 e. The number of nitriles is 1. The summed E-state index contributed by atoms with van der Waals surface area (Å²) in [6.07, 6.45) is 3.64. The van der Waals surface area contributed by atoms with Crippen molar-refractivity contribution >= 4 is 6.29 Å². The van der Waals surface area contributed by atoms with Crippen LogP contribution in [0.3, 0.4) is 0 Å². The van der Waals surface area contributed by atoms with E-state index in [0.717, 1.165) is 0 Å². The third-order valence-corrected chi connectivity index (χ3v) is 2.32. The molecule has 1 aromatic heterocycles. The molecule has 82 valence electrons. The number of aromatic nitrogens is 1. The zero-order chi connectivity index (χ0) is 12.3. The maximum absolute atomic E-state index is 13.4. The third kappa shape index (κ3) is 2.18. The van der Waals surface area contributed by atoms with Gasteiger partial charge in [0.2, 0.25) is 0 Å². The predicted octanol–water partition coefficient (Wildman–Crippen LogP) is 2.57. The minimum atomic E-state index is -0.582. The third-order valence-electron chi connectivity index (χ3n) is 2.32. The largest absolute Gasteiger partial charge is 0.298 e. The smallest absolute Gasteiger partial charge is 0.151 e. The highest BCUT2D eigenvalue weighted by Gasteiger charge is 2.05. The number of carbonyl (C=O) groups is 1. The number of rotatable bonds is 2. The van der Waals surface area contributed by atoms with Crippen LogP contribution in [-0.4, -0.2) is 11.3 Å². The number of benzene rings is 1. The molecule has 0 aliphatic heterocycles. The fraction of sp³-hybridized carbons (Fsp3) is 0. The average Bonchev–Trinajstić information content (AvgIpc) is 2.38. The summed E-state index contributed by atoms with van der Waals surface area (Å²) >= 11 is 0. The van der Waals surface area contributed by atoms with Crippen molar-refractivity contribution in [1.29, 1.82) is 5.26 Å². The van der Waals surface area contributed by atoms with Crippen LogP contribution in [-0.2, 0) is 0 Å². The highest BCUT2D eigenvalue weighted by molar-refractivity contribution is 5.78. The zero-order valence-electron chi connectivity index (χ0n) is 8.72. The molecular formula is C13H7FN2O. The van der Waals surface area contributed by atoms with Crippen LogP contribution >= 0.6 is 0 Å². The van der Waals surface area contributed by atoms with Crippen molar-refractivity contribution in [2.24, 2.45) is 0 Å². The highest BCUT2D eigenvalue weighted by Crippen LogP contribution is 2.21. The van der Waals surface area contributed by atoms with Gasteiger partial charge in [0.15, 0.2) is 6.29 Å². The average molecular weight is 226 g/mol. The van der Waals surface area contributed by atoms with Crippen molar-refractivity contribution in [2.75, 3.05) is 0 Å². The number of carbonyl (C=O) groups excluding carboxylic acids is 1. The monoisotopic (exact) mass is 226 g/mol. The Hall–Kier alpha value is -2.54. The molecular weight excluding hydrogens is 219 g/mol. The van der Waals surface area contributed by atoms with Crippen LogP contribution in [0, 0.1) is 17.1 Å². The van der Waals surface area contributed by atoms with Gasteiger partial charge in [-0.05, 0) is 23.8 Å². The molecule has 17 heavy (non-hydrogen) atoms. The van der Waals surface area contributed by atoms with Gasteiger partial charge in [-0.2, -0.15) is 5.26 Å². The highest BCUT2D eigenvalue weighted by atomic mass is 19.1. The van der Waals surface area contributed by atoms with Gasteiger partial charge in [0, 0.05) is 23.5 Å².